The Balaban J connectivity index is 1.92. The lowest BCUT2D eigenvalue weighted by molar-refractivity contribution is 0.216. The van der Waals surface area contributed by atoms with Crippen molar-refractivity contribution in [1.82, 2.24) is 14.3 Å². The summed E-state index contributed by atoms with van der Waals surface area (Å²) in [4.78, 5) is 7.30. The van der Waals surface area contributed by atoms with Crippen LogP contribution in [0, 0.1) is 0 Å². The van der Waals surface area contributed by atoms with Crippen molar-refractivity contribution >= 4 is 5.65 Å². The molecular weight excluding hydrogens is 238 g/mol. The topological polar surface area (TPSA) is 29.8 Å². The number of hydrogen-bond donors (Lipinski definition) is 0. The monoisotopic (exact) mass is 259 g/mol. The first-order valence-electron chi connectivity index (χ1n) is 7.05. The fraction of sp³-hybridized carbons (Fsp3) is 0.533. The van der Waals surface area contributed by atoms with E-state index >= 15 is 0 Å². The SMILES string of the molecule is CCN1CCCC(c2cn3cccc(OC)c3n2)C1. The van der Waals surface area contributed by atoms with E-state index in [0.717, 1.165) is 24.5 Å². The summed E-state index contributed by atoms with van der Waals surface area (Å²) >= 11 is 0. The van der Waals surface area contributed by atoms with Gasteiger partial charge in [0.15, 0.2) is 11.4 Å². The Morgan fingerprint density at radius 1 is 1.47 bits per heavy atom. The van der Waals surface area contributed by atoms with Crippen molar-refractivity contribution in [1.29, 1.82) is 0 Å². The lowest BCUT2D eigenvalue weighted by atomic mass is 9.95. The Morgan fingerprint density at radius 3 is 3.16 bits per heavy atom. The standard InChI is InChI=1S/C15H21N3O/c1-3-17-8-4-6-12(10-17)13-11-18-9-5-7-14(19-2)15(18)16-13/h5,7,9,11-12H,3-4,6,8,10H2,1-2H3. The Bertz CT molecular complexity index is 564. The number of aromatic nitrogens is 2. The quantitative estimate of drug-likeness (QED) is 0.848. The van der Waals surface area contributed by atoms with Crippen LogP contribution in [-0.4, -0.2) is 41.0 Å². The second-order valence-corrected chi connectivity index (χ2v) is 5.21. The zero-order valence-corrected chi connectivity index (χ0v) is 11.7. The van der Waals surface area contributed by atoms with Gasteiger partial charge in [0.2, 0.25) is 0 Å². The van der Waals surface area contributed by atoms with Crippen molar-refractivity contribution < 1.29 is 4.74 Å². The molecule has 4 nitrogen and oxygen atoms in total. The van der Waals surface area contributed by atoms with Gasteiger partial charge in [-0.1, -0.05) is 6.92 Å². The van der Waals surface area contributed by atoms with Gasteiger partial charge in [-0.3, -0.25) is 0 Å². The van der Waals surface area contributed by atoms with Gasteiger partial charge in [0.1, 0.15) is 0 Å². The molecule has 0 aliphatic carbocycles. The molecule has 2 aromatic rings. The molecule has 0 radical (unpaired) electrons. The van der Waals surface area contributed by atoms with Crippen LogP contribution in [0.1, 0.15) is 31.4 Å². The molecule has 0 saturated carbocycles. The van der Waals surface area contributed by atoms with Gasteiger partial charge in [-0.05, 0) is 38.1 Å². The maximum absolute atomic E-state index is 5.38. The van der Waals surface area contributed by atoms with Gasteiger partial charge in [-0.25, -0.2) is 4.98 Å². The molecule has 1 aliphatic rings. The average Bonchev–Trinajstić information content (AvgIpc) is 2.91. The van der Waals surface area contributed by atoms with Crippen LogP contribution in [0.2, 0.25) is 0 Å². The number of methoxy groups -OCH3 is 1. The summed E-state index contributed by atoms with van der Waals surface area (Å²) in [6.07, 6.45) is 6.70. The Kier molecular flexibility index (Phi) is 3.42. The lowest BCUT2D eigenvalue weighted by Gasteiger charge is -2.30. The third kappa shape index (κ3) is 2.32. The minimum atomic E-state index is 0.554. The maximum atomic E-state index is 5.38. The number of hydrogen-bond acceptors (Lipinski definition) is 3. The fourth-order valence-electron chi connectivity index (χ4n) is 2.95. The van der Waals surface area contributed by atoms with Crippen molar-refractivity contribution in [2.24, 2.45) is 0 Å². The van der Waals surface area contributed by atoms with Crippen LogP contribution in [0.5, 0.6) is 5.75 Å². The van der Waals surface area contributed by atoms with Crippen molar-refractivity contribution in [3.63, 3.8) is 0 Å². The molecule has 19 heavy (non-hydrogen) atoms. The predicted molar refractivity (Wildman–Crippen MR) is 75.8 cm³/mol. The molecule has 0 spiro atoms. The Hall–Kier alpha value is -1.55. The third-order valence-corrected chi connectivity index (χ3v) is 4.06. The lowest BCUT2D eigenvalue weighted by Crippen LogP contribution is -2.34. The van der Waals surface area contributed by atoms with Crippen LogP contribution < -0.4 is 4.74 Å². The first kappa shape index (κ1) is 12.5. The summed E-state index contributed by atoms with van der Waals surface area (Å²) < 4.78 is 7.45. The predicted octanol–water partition coefficient (Wildman–Crippen LogP) is 2.54. The Morgan fingerprint density at radius 2 is 2.37 bits per heavy atom. The molecule has 0 N–H and O–H groups in total. The molecular formula is C15H21N3O. The number of pyridine rings is 1. The highest BCUT2D eigenvalue weighted by molar-refractivity contribution is 5.54. The molecule has 102 valence electrons. The number of imidazole rings is 1. The maximum Gasteiger partial charge on any atom is 0.179 e. The number of rotatable bonds is 3. The zero-order chi connectivity index (χ0) is 13.2. The van der Waals surface area contributed by atoms with Gasteiger partial charge in [0.05, 0.1) is 12.8 Å². The van der Waals surface area contributed by atoms with Gasteiger partial charge in [-0.2, -0.15) is 0 Å². The molecule has 0 aromatic carbocycles. The smallest absolute Gasteiger partial charge is 0.179 e. The molecule has 4 heteroatoms. The molecule has 0 bridgehead atoms. The summed E-state index contributed by atoms with van der Waals surface area (Å²) in [6.45, 7) is 5.72. The highest BCUT2D eigenvalue weighted by atomic mass is 16.5. The van der Waals surface area contributed by atoms with Crippen LogP contribution in [0.4, 0.5) is 0 Å². The average molecular weight is 259 g/mol. The van der Waals surface area contributed by atoms with Gasteiger partial charge >= 0.3 is 0 Å². The van der Waals surface area contributed by atoms with Crippen LogP contribution in [0.3, 0.4) is 0 Å². The van der Waals surface area contributed by atoms with Crippen molar-refractivity contribution in [3.8, 4) is 5.75 Å². The molecule has 1 saturated heterocycles. The van der Waals surface area contributed by atoms with E-state index in [1.54, 1.807) is 7.11 Å². The van der Waals surface area contributed by atoms with Crippen molar-refractivity contribution in [2.45, 2.75) is 25.7 Å². The molecule has 0 amide bonds. The Labute approximate surface area is 114 Å². The molecule has 1 aliphatic heterocycles. The van der Waals surface area contributed by atoms with Gasteiger partial charge in [0, 0.05) is 24.9 Å². The molecule has 3 rings (SSSR count). The fourth-order valence-corrected chi connectivity index (χ4v) is 2.95. The normalized spacial score (nSPS) is 20.8. The van der Waals surface area contributed by atoms with Crippen LogP contribution >= 0.6 is 0 Å². The molecule has 1 fully saturated rings. The van der Waals surface area contributed by atoms with E-state index in [1.807, 2.05) is 18.3 Å². The van der Waals surface area contributed by atoms with Crippen LogP contribution in [0.15, 0.2) is 24.5 Å². The van der Waals surface area contributed by atoms with Gasteiger partial charge < -0.3 is 14.0 Å². The van der Waals surface area contributed by atoms with E-state index in [2.05, 4.69) is 22.4 Å². The van der Waals surface area contributed by atoms with E-state index in [4.69, 9.17) is 9.72 Å². The number of likely N-dealkylation sites (tertiary alicyclic amines) is 1. The number of ether oxygens (including phenoxy) is 1. The first-order chi connectivity index (χ1) is 9.31. The number of nitrogens with zero attached hydrogens (tertiary/aromatic N) is 3. The summed E-state index contributed by atoms with van der Waals surface area (Å²) in [5.41, 5.74) is 2.12. The van der Waals surface area contributed by atoms with Crippen molar-refractivity contribution in [3.05, 3.63) is 30.2 Å². The van der Waals surface area contributed by atoms with Crippen LogP contribution in [-0.2, 0) is 0 Å². The summed E-state index contributed by atoms with van der Waals surface area (Å²) in [5.74, 6) is 1.40. The minimum Gasteiger partial charge on any atom is -0.493 e. The van der Waals surface area contributed by atoms with Gasteiger partial charge in [-0.15, -0.1) is 0 Å². The summed E-state index contributed by atoms with van der Waals surface area (Å²) in [7, 11) is 1.70. The second-order valence-electron chi connectivity index (χ2n) is 5.21. The third-order valence-electron chi connectivity index (χ3n) is 4.06. The minimum absolute atomic E-state index is 0.554. The number of piperidine rings is 1. The van der Waals surface area contributed by atoms with E-state index < -0.39 is 0 Å². The zero-order valence-electron chi connectivity index (χ0n) is 11.7. The number of likely N-dealkylation sites (N-methyl/N-ethyl adjacent to an activating group) is 1. The highest BCUT2D eigenvalue weighted by Gasteiger charge is 2.22. The first-order valence-corrected chi connectivity index (χ1v) is 7.05. The molecule has 1 unspecified atom stereocenters. The largest absolute Gasteiger partial charge is 0.493 e. The second kappa shape index (κ2) is 5.21. The van der Waals surface area contributed by atoms with Gasteiger partial charge in [0.25, 0.3) is 0 Å². The molecule has 2 aromatic heterocycles. The van der Waals surface area contributed by atoms with Crippen molar-refractivity contribution in [2.75, 3.05) is 26.7 Å². The highest BCUT2D eigenvalue weighted by Crippen LogP contribution is 2.28. The van der Waals surface area contributed by atoms with Crippen LogP contribution in [0.25, 0.3) is 5.65 Å². The summed E-state index contributed by atoms with van der Waals surface area (Å²) in [5, 5.41) is 0. The van der Waals surface area contributed by atoms with E-state index in [9.17, 15) is 0 Å². The number of fused-ring (bicyclic) bond motifs is 1. The van der Waals surface area contributed by atoms with E-state index in [1.165, 1.54) is 25.1 Å². The van der Waals surface area contributed by atoms with E-state index in [-0.39, 0.29) is 0 Å². The summed E-state index contributed by atoms with van der Waals surface area (Å²) in [6, 6.07) is 3.96. The van der Waals surface area contributed by atoms with E-state index in [0.29, 0.717) is 5.92 Å². The molecule has 3 heterocycles. The molecule has 1 atom stereocenters.